The predicted octanol–water partition coefficient (Wildman–Crippen LogP) is 3.02. The topological polar surface area (TPSA) is 40.5 Å². The first kappa shape index (κ1) is 15.0. The first-order valence-corrected chi connectivity index (χ1v) is 6.49. The van der Waals surface area contributed by atoms with Crippen LogP contribution in [0.2, 0.25) is 5.02 Å². The standard InChI is InChI=1S/C14H20ClNO2/c1-10(17)8-9-14(18)16(3)11(2)12-6-4-5-7-13(12)15/h4-7,10-11,17H,8-9H2,1-3H3. The predicted molar refractivity (Wildman–Crippen MR) is 73.6 cm³/mol. The summed E-state index contributed by atoms with van der Waals surface area (Å²) in [7, 11) is 1.76. The Balaban J connectivity index is 2.69. The van der Waals surface area contributed by atoms with Crippen LogP contribution in [-0.2, 0) is 4.79 Å². The van der Waals surface area contributed by atoms with E-state index in [0.717, 1.165) is 5.56 Å². The third-order valence-electron chi connectivity index (χ3n) is 3.11. The normalized spacial score (nSPS) is 14.1. The molecule has 1 rings (SSSR count). The average molecular weight is 270 g/mol. The number of halogens is 1. The molecule has 0 saturated heterocycles. The van der Waals surface area contributed by atoms with Crippen molar-refractivity contribution in [2.45, 2.75) is 38.8 Å². The molecule has 0 fully saturated rings. The second-order valence-corrected chi connectivity index (χ2v) is 5.00. The Hall–Kier alpha value is -1.06. The highest BCUT2D eigenvalue weighted by atomic mass is 35.5. The maximum atomic E-state index is 11.9. The Labute approximate surface area is 113 Å². The van der Waals surface area contributed by atoms with Crippen LogP contribution in [0, 0.1) is 0 Å². The number of aliphatic hydroxyl groups excluding tert-OH is 1. The fourth-order valence-electron chi connectivity index (χ4n) is 1.75. The fourth-order valence-corrected chi connectivity index (χ4v) is 2.04. The van der Waals surface area contributed by atoms with E-state index in [0.29, 0.717) is 17.9 Å². The highest BCUT2D eigenvalue weighted by Gasteiger charge is 2.19. The van der Waals surface area contributed by atoms with Crippen molar-refractivity contribution in [3.8, 4) is 0 Å². The van der Waals surface area contributed by atoms with E-state index in [2.05, 4.69) is 0 Å². The minimum absolute atomic E-state index is 0.0170. The number of carbonyl (C=O) groups is 1. The molecule has 3 nitrogen and oxygen atoms in total. The molecule has 4 heteroatoms. The summed E-state index contributed by atoms with van der Waals surface area (Å²) in [4.78, 5) is 13.6. The number of hydrogen-bond acceptors (Lipinski definition) is 2. The van der Waals surface area contributed by atoms with Crippen molar-refractivity contribution in [1.82, 2.24) is 4.90 Å². The van der Waals surface area contributed by atoms with Crippen LogP contribution < -0.4 is 0 Å². The van der Waals surface area contributed by atoms with Crippen molar-refractivity contribution >= 4 is 17.5 Å². The van der Waals surface area contributed by atoms with Crippen LogP contribution in [0.25, 0.3) is 0 Å². The van der Waals surface area contributed by atoms with Gasteiger partial charge in [-0.3, -0.25) is 4.79 Å². The Morgan fingerprint density at radius 3 is 2.56 bits per heavy atom. The van der Waals surface area contributed by atoms with Gasteiger partial charge in [0.05, 0.1) is 12.1 Å². The van der Waals surface area contributed by atoms with E-state index in [4.69, 9.17) is 11.6 Å². The van der Waals surface area contributed by atoms with Gasteiger partial charge in [0, 0.05) is 18.5 Å². The second kappa shape index (κ2) is 6.76. The van der Waals surface area contributed by atoms with Gasteiger partial charge >= 0.3 is 0 Å². The summed E-state index contributed by atoms with van der Waals surface area (Å²) >= 11 is 6.12. The van der Waals surface area contributed by atoms with Gasteiger partial charge in [0.1, 0.15) is 0 Å². The number of nitrogens with zero attached hydrogens (tertiary/aromatic N) is 1. The summed E-state index contributed by atoms with van der Waals surface area (Å²) < 4.78 is 0. The van der Waals surface area contributed by atoms with Gasteiger partial charge in [-0.1, -0.05) is 29.8 Å². The van der Waals surface area contributed by atoms with Gasteiger partial charge in [-0.15, -0.1) is 0 Å². The summed E-state index contributed by atoms with van der Waals surface area (Å²) in [6.07, 6.45) is 0.388. The molecule has 0 aliphatic rings. The van der Waals surface area contributed by atoms with Crippen molar-refractivity contribution in [3.05, 3.63) is 34.9 Å². The van der Waals surface area contributed by atoms with Crippen molar-refractivity contribution < 1.29 is 9.90 Å². The van der Waals surface area contributed by atoms with E-state index in [1.807, 2.05) is 31.2 Å². The first-order valence-electron chi connectivity index (χ1n) is 6.11. The Kier molecular flexibility index (Phi) is 5.63. The van der Waals surface area contributed by atoms with Gasteiger partial charge in [-0.05, 0) is 31.9 Å². The van der Waals surface area contributed by atoms with E-state index in [1.54, 1.807) is 18.9 Å². The van der Waals surface area contributed by atoms with Gasteiger partial charge in [0.2, 0.25) is 5.91 Å². The minimum atomic E-state index is -0.446. The second-order valence-electron chi connectivity index (χ2n) is 4.59. The van der Waals surface area contributed by atoms with E-state index in [-0.39, 0.29) is 11.9 Å². The summed E-state index contributed by atoms with van der Waals surface area (Å²) in [6.45, 7) is 3.63. The molecule has 0 saturated carbocycles. The lowest BCUT2D eigenvalue weighted by molar-refractivity contribution is -0.132. The molecule has 0 aliphatic heterocycles. The molecule has 1 aromatic carbocycles. The smallest absolute Gasteiger partial charge is 0.222 e. The zero-order chi connectivity index (χ0) is 13.7. The first-order chi connectivity index (χ1) is 8.43. The van der Waals surface area contributed by atoms with Crippen molar-refractivity contribution in [2.75, 3.05) is 7.05 Å². The maximum Gasteiger partial charge on any atom is 0.222 e. The summed E-state index contributed by atoms with van der Waals surface area (Å²) in [6, 6.07) is 7.45. The molecule has 0 spiro atoms. The van der Waals surface area contributed by atoms with Crippen LogP contribution in [0.3, 0.4) is 0 Å². The molecule has 100 valence electrons. The number of carbonyl (C=O) groups excluding carboxylic acids is 1. The van der Waals surface area contributed by atoms with Gasteiger partial charge < -0.3 is 10.0 Å². The average Bonchev–Trinajstić information content (AvgIpc) is 2.34. The molecular weight excluding hydrogens is 250 g/mol. The van der Waals surface area contributed by atoms with Crippen LogP contribution in [0.4, 0.5) is 0 Å². The van der Waals surface area contributed by atoms with Gasteiger partial charge in [0.15, 0.2) is 0 Å². The molecule has 0 aromatic heterocycles. The van der Waals surface area contributed by atoms with Gasteiger partial charge in [-0.25, -0.2) is 0 Å². The van der Waals surface area contributed by atoms with Crippen LogP contribution in [0.15, 0.2) is 24.3 Å². The van der Waals surface area contributed by atoms with E-state index >= 15 is 0 Å². The molecule has 18 heavy (non-hydrogen) atoms. The zero-order valence-electron chi connectivity index (χ0n) is 11.1. The fraction of sp³-hybridized carbons (Fsp3) is 0.500. The molecular formula is C14H20ClNO2. The number of benzene rings is 1. The monoisotopic (exact) mass is 269 g/mol. The summed E-state index contributed by atoms with van der Waals surface area (Å²) in [5, 5.41) is 9.86. The molecule has 2 unspecified atom stereocenters. The largest absolute Gasteiger partial charge is 0.393 e. The van der Waals surface area contributed by atoms with E-state index in [9.17, 15) is 9.90 Å². The van der Waals surface area contributed by atoms with Gasteiger partial charge in [-0.2, -0.15) is 0 Å². The molecule has 0 bridgehead atoms. The van der Waals surface area contributed by atoms with Crippen molar-refractivity contribution in [1.29, 1.82) is 0 Å². The third-order valence-corrected chi connectivity index (χ3v) is 3.45. The third kappa shape index (κ3) is 4.00. The van der Waals surface area contributed by atoms with Crippen molar-refractivity contribution in [2.24, 2.45) is 0 Å². The Morgan fingerprint density at radius 2 is 2.00 bits per heavy atom. The number of amides is 1. The summed E-state index contributed by atoms with van der Waals surface area (Å²) in [5.41, 5.74) is 0.937. The lowest BCUT2D eigenvalue weighted by atomic mass is 10.1. The lowest BCUT2D eigenvalue weighted by Gasteiger charge is -2.26. The van der Waals surface area contributed by atoms with Crippen LogP contribution in [0.5, 0.6) is 0 Å². The number of hydrogen-bond donors (Lipinski definition) is 1. The number of rotatable bonds is 5. The molecule has 0 heterocycles. The Morgan fingerprint density at radius 1 is 1.39 bits per heavy atom. The van der Waals surface area contributed by atoms with Gasteiger partial charge in [0.25, 0.3) is 0 Å². The Bertz CT molecular complexity index is 407. The van der Waals surface area contributed by atoms with Crippen LogP contribution >= 0.6 is 11.6 Å². The minimum Gasteiger partial charge on any atom is -0.393 e. The van der Waals surface area contributed by atoms with Crippen molar-refractivity contribution in [3.63, 3.8) is 0 Å². The molecule has 1 N–H and O–H groups in total. The zero-order valence-corrected chi connectivity index (χ0v) is 11.8. The molecule has 0 aliphatic carbocycles. The molecule has 2 atom stereocenters. The number of aliphatic hydroxyl groups is 1. The highest BCUT2D eigenvalue weighted by molar-refractivity contribution is 6.31. The van der Waals surface area contributed by atoms with E-state index in [1.165, 1.54) is 0 Å². The van der Waals surface area contributed by atoms with Crippen LogP contribution in [0.1, 0.15) is 38.3 Å². The van der Waals surface area contributed by atoms with Crippen LogP contribution in [-0.4, -0.2) is 29.1 Å². The molecule has 1 amide bonds. The lowest BCUT2D eigenvalue weighted by Crippen LogP contribution is -2.30. The SMILES string of the molecule is CC(O)CCC(=O)N(C)C(C)c1ccccc1Cl. The maximum absolute atomic E-state index is 11.9. The van der Waals surface area contributed by atoms with E-state index < -0.39 is 6.10 Å². The highest BCUT2D eigenvalue weighted by Crippen LogP contribution is 2.26. The summed E-state index contributed by atoms with van der Waals surface area (Å²) in [5.74, 6) is 0.0170. The molecule has 1 aromatic rings. The quantitative estimate of drug-likeness (QED) is 0.893. The molecule has 0 radical (unpaired) electrons.